The van der Waals surface area contributed by atoms with Gasteiger partial charge in [-0.1, -0.05) is 34.8 Å². The van der Waals surface area contributed by atoms with Crippen LogP contribution >= 0.6 is 15.9 Å². The number of amides is 1. The fraction of sp³-hybridized carbons (Fsp3) is 0.533. The van der Waals surface area contributed by atoms with Crippen molar-refractivity contribution in [2.45, 2.75) is 38.6 Å². The maximum absolute atomic E-state index is 11.9. The summed E-state index contributed by atoms with van der Waals surface area (Å²) in [4.78, 5) is 11.9. The second-order valence-corrected chi connectivity index (χ2v) is 6.19. The molecule has 1 saturated carbocycles. The molecular weight excluding hydrogens is 304 g/mol. The predicted octanol–water partition coefficient (Wildman–Crippen LogP) is 3.56. The van der Waals surface area contributed by atoms with Gasteiger partial charge < -0.3 is 10.6 Å². The minimum atomic E-state index is 0.0166. The van der Waals surface area contributed by atoms with E-state index in [9.17, 15) is 4.79 Å². The molecule has 0 aromatic heterocycles. The Kier molecular flexibility index (Phi) is 5.40. The summed E-state index contributed by atoms with van der Waals surface area (Å²) in [7, 11) is 0. The van der Waals surface area contributed by atoms with Crippen molar-refractivity contribution in [3.05, 3.63) is 28.7 Å². The Morgan fingerprint density at radius 2 is 2.16 bits per heavy atom. The van der Waals surface area contributed by atoms with Gasteiger partial charge in [-0.2, -0.15) is 0 Å². The molecule has 1 aromatic rings. The van der Waals surface area contributed by atoms with Crippen molar-refractivity contribution in [2.24, 2.45) is 5.92 Å². The molecule has 1 aromatic carbocycles. The molecule has 1 fully saturated rings. The summed E-state index contributed by atoms with van der Waals surface area (Å²) in [6, 6.07) is 8.07. The average molecular weight is 325 g/mol. The summed E-state index contributed by atoms with van der Waals surface area (Å²) in [5.74, 6) is 0.751. The van der Waals surface area contributed by atoms with Crippen LogP contribution in [0, 0.1) is 5.92 Å². The van der Waals surface area contributed by atoms with Crippen LogP contribution in [-0.4, -0.2) is 18.5 Å². The number of carbonyl (C=O) groups is 1. The molecule has 1 aliphatic carbocycles. The third kappa shape index (κ3) is 4.62. The van der Waals surface area contributed by atoms with Gasteiger partial charge in [-0.05, 0) is 43.9 Å². The van der Waals surface area contributed by atoms with Crippen LogP contribution in [0.25, 0.3) is 0 Å². The Balaban J connectivity index is 1.75. The first-order chi connectivity index (χ1) is 9.15. The van der Waals surface area contributed by atoms with Crippen molar-refractivity contribution >= 4 is 27.5 Å². The zero-order valence-electron chi connectivity index (χ0n) is 11.3. The van der Waals surface area contributed by atoms with Gasteiger partial charge in [0, 0.05) is 16.2 Å². The minimum absolute atomic E-state index is 0.0166. The van der Waals surface area contributed by atoms with E-state index in [0.717, 1.165) is 16.1 Å². The fourth-order valence-electron chi connectivity index (χ4n) is 2.65. The summed E-state index contributed by atoms with van der Waals surface area (Å²) in [6.45, 7) is 2.56. The minimum Gasteiger partial charge on any atom is -0.325 e. The number of hydrogen-bond donors (Lipinski definition) is 2. The van der Waals surface area contributed by atoms with Gasteiger partial charge >= 0.3 is 0 Å². The summed E-state index contributed by atoms with van der Waals surface area (Å²) in [5, 5.41) is 6.23. The topological polar surface area (TPSA) is 41.1 Å². The molecular formula is C15H21BrN2O. The van der Waals surface area contributed by atoms with Gasteiger partial charge in [-0.3, -0.25) is 4.79 Å². The number of benzene rings is 1. The maximum atomic E-state index is 11.9. The van der Waals surface area contributed by atoms with Crippen LogP contribution in [0.1, 0.15) is 32.6 Å². The fourth-order valence-corrected chi connectivity index (χ4v) is 3.05. The van der Waals surface area contributed by atoms with Crippen molar-refractivity contribution in [3.8, 4) is 0 Å². The largest absolute Gasteiger partial charge is 0.325 e. The number of halogens is 1. The number of carbonyl (C=O) groups excluding carboxylic acids is 1. The standard InChI is InChI=1S/C15H21BrN2O/c1-11(12-5-2-3-6-12)17-10-15(19)18-14-8-4-7-13(16)9-14/h4,7-9,11-12,17H,2-3,5-6,10H2,1H3,(H,18,19). The third-order valence-electron chi connectivity index (χ3n) is 3.80. The highest BCUT2D eigenvalue weighted by Crippen LogP contribution is 2.27. The Labute approximate surface area is 123 Å². The SMILES string of the molecule is CC(NCC(=O)Nc1cccc(Br)c1)C1CCCC1. The summed E-state index contributed by atoms with van der Waals surface area (Å²) < 4.78 is 0.970. The molecule has 19 heavy (non-hydrogen) atoms. The van der Waals surface area contributed by atoms with Gasteiger partial charge in [-0.15, -0.1) is 0 Å². The van der Waals surface area contributed by atoms with E-state index in [2.05, 4.69) is 33.5 Å². The number of rotatable bonds is 5. The summed E-state index contributed by atoms with van der Waals surface area (Å²) >= 11 is 3.39. The number of nitrogens with one attached hydrogen (secondary N) is 2. The number of anilines is 1. The predicted molar refractivity (Wildman–Crippen MR) is 82.2 cm³/mol. The van der Waals surface area contributed by atoms with Gasteiger partial charge in [0.15, 0.2) is 0 Å². The lowest BCUT2D eigenvalue weighted by molar-refractivity contribution is -0.115. The molecule has 1 unspecified atom stereocenters. The lowest BCUT2D eigenvalue weighted by atomic mass is 10.00. The second kappa shape index (κ2) is 7.06. The van der Waals surface area contributed by atoms with Crippen molar-refractivity contribution in [1.82, 2.24) is 5.32 Å². The molecule has 1 amide bonds. The zero-order chi connectivity index (χ0) is 13.7. The van der Waals surface area contributed by atoms with E-state index in [1.165, 1.54) is 25.7 Å². The molecule has 3 nitrogen and oxygen atoms in total. The first-order valence-corrected chi connectivity index (χ1v) is 7.73. The van der Waals surface area contributed by atoms with Gasteiger partial charge in [0.05, 0.1) is 6.54 Å². The molecule has 0 radical (unpaired) electrons. The van der Waals surface area contributed by atoms with Crippen LogP contribution < -0.4 is 10.6 Å². The first kappa shape index (κ1) is 14.5. The lowest BCUT2D eigenvalue weighted by Crippen LogP contribution is -2.38. The first-order valence-electron chi connectivity index (χ1n) is 6.94. The van der Waals surface area contributed by atoms with E-state index in [1.807, 2.05) is 24.3 Å². The Bertz CT molecular complexity index is 430. The molecule has 1 aliphatic rings. The molecule has 2 rings (SSSR count). The van der Waals surface area contributed by atoms with Crippen molar-refractivity contribution in [3.63, 3.8) is 0 Å². The monoisotopic (exact) mass is 324 g/mol. The normalized spacial score (nSPS) is 17.4. The Morgan fingerprint density at radius 3 is 2.84 bits per heavy atom. The average Bonchev–Trinajstić information content (AvgIpc) is 2.90. The third-order valence-corrected chi connectivity index (χ3v) is 4.29. The zero-order valence-corrected chi connectivity index (χ0v) is 12.9. The van der Waals surface area contributed by atoms with Crippen molar-refractivity contribution in [2.75, 3.05) is 11.9 Å². The molecule has 104 valence electrons. The second-order valence-electron chi connectivity index (χ2n) is 5.27. The molecule has 0 aliphatic heterocycles. The maximum Gasteiger partial charge on any atom is 0.238 e. The van der Waals surface area contributed by atoms with E-state index in [0.29, 0.717) is 12.6 Å². The summed E-state index contributed by atoms with van der Waals surface area (Å²) in [6.07, 6.45) is 5.25. The van der Waals surface area contributed by atoms with Gasteiger partial charge in [0.25, 0.3) is 0 Å². The molecule has 0 spiro atoms. The van der Waals surface area contributed by atoms with E-state index >= 15 is 0 Å². The lowest BCUT2D eigenvalue weighted by Gasteiger charge is -2.20. The molecule has 0 saturated heterocycles. The van der Waals surface area contributed by atoms with Gasteiger partial charge in [0.1, 0.15) is 0 Å². The van der Waals surface area contributed by atoms with Crippen LogP contribution in [0.15, 0.2) is 28.7 Å². The number of hydrogen-bond acceptors (Lipinski definition) is 2. The highest BCUT2D eigenvalue weighted by atomic mass is 79.9. The van der Waals surface area contributed by atoms with E-state index in [1.54, 1.807) is 0 Å². The van der Waals surface area contributed by atoms with Crippen LogP contribution in [0.5, 0.6) is 0 Å². The quantitative estimate of drug-likeness (QED) is 0.869. The Hall–Kier alpha value is -0.870. The van der Waals surface area contributed by atoms with E-state index < -0.39 is 0 Å². The van der Waals surface area contributed by atoms with E-state index in [4.69, 9.17) is 0 Å². The molecule has 0 heterocycles. The molecule has 0 bridgehead atoms. The van der Waals surface area contributed by atoms with E-state index in [-0.39, 0.29) is 5.91 Å². The van der Waals surface area contributed by atoms with Crippen LogP contribution in [0.2, 0.25) is 0 Å². The van der Waals surface area contributed by atoms with Crippen LogP contribution in [0.3, 0.4) is 0 Å². The van der Waals surface area contributed by atoms with Crippen LogP contribution in [-0.2, 0) is 4.79 Å². The highest BCUT2D eigenvalue weighted by molar-refractivity contribution is 9.10. The highest BCUT2D eigenvalue weighted by Gasteiger charge is 2.21. The molecule has 2 N–H and O–H groups in total. The van der Waals surface area contributed by atoms with Gasteiger partial charge in [0.2, 0.25) is 5.91 Å². The van der Waals surface area contributed by atoms with Crippen LogP contribution in [0.4, 0.5) is 5.69 Å². The summed E-state index contributed by atoms with van der Waals surface area (Å²) in [5.41, 5.74) is 0.828. The van der Waals surface area contributed by atoms with Crippen molar-refractivity contribution < 1.29 is 4.79 Å². The van der Waals surface area contributed by atoms with Gasteiger partial charge in [-0.25, -0.2) is 0 Å². The van der Waals surface area contributed by atoms with Crippen molar-refractivity contribution in [1.29, 1.82) is 0 Å². The molecule has 4 heteroatoms. The molecule has 1 atom stereocenters. The smallest absolute Gasteiger partial charge is 0.238 e. The Morgan fingerprint density at radius 1 is 1.42 bits per heavy atom.